The molecule has 16 heavy (non-hydrogen) atoms. The number of rotatable bonds is 2. The first-order valence-corrected chi connectivity index (χ1v) is 5.30. The minimum atomic E-state index is -0.306. The van der Waals surface area contributed by atoms with Crippen molar-refractivity contribution in [3.05, 3.63) is 35.4 Å². The Kier molecular flexibility index (Phi) is 3.54. The SMILES string of the molecule is COC(=O)c1ccc(C2COCCN2)cc1. The van der Waals surface area contributed by atoms with Crippen LogP contribution >= 0.6 is 0 Å². The molecule has 0 saturated carbocycles. The van der Waals surface area contributed by atoms with Crippen LogP contribution in [0, 0.1) is 0 Å². The van der Waals surface area contributed by atoms with E-state index < -0.39 is 0 Å². The predicted molar refractivity (Wildman–Crippen MR) is 59.3 cm³/mol. The van der Waals surface area contributed by atoms with Gasteiger partial charge >= 0.3 is 5.97 Å². The fourth-order valence-corrected chi connectivity index (χ4v) is 1.75. The van der Waals surface area contributed by atoms with Crippen LogP contribution < -0.4 is 5.32 Å². The number of benzene rings is 1. The van der Waals surface area contributed by atoms with Crippen molar-refractivity contribution in [2.24, 2.45) is 0 Å². The zero-order valence-corrected chi connectivity index (χ0v) is 9.23. The maximum atomic E-state index is 11.2. The van der Waals surface area contributed by atoms with Gasteiger partial charge in [0.1, 0.15) is 0 Å². The van der Waals surface area contributed by atoms with E-state index in [9.17, 15) is 4.79 Å². The summed E-state index contributed by atoms with van der Waals surface area (Å²) in [5, 5.41) is 3.36. The number of methoxy groups -OCH3 is 1. The Bertz CT molecular complexity index is 355. The van der Waals surface area contributed by atoms with E-state index in [2.05, 4.69) is 10.1 Å². The molecular formula is C12H15NO3. The molecule has 1 aliphatic heterocycles. The molecule has 0 spiro atoms. The van der Waals surface area contributed by atoms with Crippen LogP contribution in [0.25, 0.3) is 0 Å². The second kappa shape index (κ2) is 5.09. The second-order valence-electron chi connectivity index (χ2n) is 3.70. The number of carbonyl (C=O) groups is 1. The maximum absolute atomic E-state index is 11.2. The van der Waals surface area contributed by atoms with Gasteiger partial charge in [-0.2, -0.15) is 0 Å². The van der Waals surface area contributed by atoms with Gasteiger partial charge in [0.05, 0.1) is 31.9 Å². The van der Waals surface area contributed by atoms with Crippen LogP contribution in [0.4, 0.5) is 0 Å². The average molecular weight is 221 g/mol. The van der Waals surface area contributed by atoms with Crippen LogP contribution in [-0.2, 0) is 9.47 Å². The highest BCUT2D eigenvalue weighted by Gasteiger charge is 2.15. The van der Waals surface area contributed by atoms with Crippen molar-refractivity contribution in [3.63, 3.8) is 0 Å². The fourth-order valence-electron chi connectivity index (χ4n) is 1.75. The molecule has 0 bridgehead atoms. The van der Waals surface area contributed by atoms with Crippen LogP contribution in [0.5, 0.6) is 0 Å². The van der Waals surface area contributed by atoms with Gasteiger partial charge in [-0.05, 0) is 17.7 Å². The molecule has 0 radical (unpaired) electrons. The third-order valence-corrected chi connectivity index (χ3v) is 2.66. The smallest absolute Gasteiger partial charge is 0.337 e. The Labute approximate surface area is 94.6 Å². The molecule has 1 saturated heterocycles. The monoisotopic (exact) mass is 221 g/mol. The predicted octanol–water partition coefficient (Wildman–Crippen LogP) is 1.13. The number of esters is 1. The van der Waals surface area contributed by atoms with Crippen molar-refractivity contribution >= 4 is 5.97 Å². The summed E-state index contributed by atoms with van der Waals surface area (Å²) in [5.74, 6) is -0.306. The molecule has 4 nitrogen and oxygen atoms in total. The molecule has 1 N–H and O–H groups in total. The molecule has 0 aliphatic carbocycles. The summed E-state index contributed by atoms with van der Waals surface area (Å²) in [4.78, 5) is 11.2. The zero-order chi connectivity index (χ0) is 11.4. The van der Waals surface area contributed by atoms with E-state index in [0.717, 1.165) is 18.7 Å². The van der Waals surface area contributed by atoms with E-state index in [0.29, 0.717) is 12.2 Å². The molecule has 1 aromatic rings. The Morgan fingerprint density at radius 2 is 2.19 bits per heavy atom. The van der Waals surface area contributed by atoms with Gasteiger partial charge in [-0.25, -0.2) is 4.79 Å². The summed E-state index contributed by atoms with van der Waals surface area (Å²) in [6.45, 7) is 2.30. The van der Waals surface area contributed by atoms with Gasteiger partial charge in [0.15, 0.2) is 0 Å². The molecule has 4 heteroatoms. The standard InChI is InChI=1S/C12H15NO3/c1-15-12(14)10-4-2-9(3-5-10)11-8-16-7-6-13-11/h2-5,11,13H,6-8H2,1H3. The molecule has 1 fully saturated rings. The average Bonchev–Trinajstić information content (AvgIpc) is 2.39. The summed E-state index contributed by atoms with van der Waals surface area (Å²) < 4.78 is 10.0. The van der Waals surface area contributed by atoms with Gasteiger partial charge in [-0.1, -0.05) is 12.1 Å². The maximum Gasteiger partial charge on any atom is 0.337 e. The largest absolute Gasteiger partial charge is 0.465 e. The molecule has 0 aromatic heterocycles. The van der Waals surface area contributed by atoms with Crippen molar-refractivity contribution in [2.45, 2.75) is 6.04 Å². The van der Waals surface area contributed by atoms with Crippen molar-refractivity contribution in [2.75, 3.05) is 26.9 Å². The summed E-state index contributed by atoms with van der Waals surface area (Å²) >= 11 is 0. The Balaban J connectivity index is 2.09. The highest BCUT2D eigenvalue weighted by molar-refractivity contribution is 5.89. The van der Waals surface area contributed by atoms with Gasteiger partial charge in [0.2, 0.25) is 0 Å². The zero-order valence-electron chi connectivity index (χ0n) is 9.23. The third kappa shape index (κ3) is 2.40. The number of hydrogen-bond donors (Lipinski definition) is 1. The third-order valence-electron chi connectivity index (χ3n) is 2.66. The fraction of sp³-hybridized carbons (Fsp3) is 0.417. The topological polar surface area (TPSA) is 47.6 Å². The lowest BCUT2D eigenvalue weighted by molar-refractivity contribution is 0.0600. The Morgan fingerprint density at radius 1 is 1.44 bits per heavy atom. The van der Waals surface area contributed by atoms with Crippen LogP contribution in [-0.4, -0.2) is 32.8 Å². The van der Waals surface area contributed by atoms with Gasteiger partial charge in [0, 0.05) is 6.54 Å². The van der Waals surface area contributed by atoms with Gasteiger partial charge < -0.3 is 14.8 Å². The van der Waals surface area contributed by atoms with Crippen LogP contribution in [0.15, 0.2) is 24.3 Å². The Hall–Kier alpha value is -1.39. The summed E-state index contributed by atoms with van der Waals surface area (Å²) in [7, 11) is 1.38. The lowest BCUT2D eigenvalue weighted by Crippen LogP contribution is -2.34. The van der Waals surface area contributed by atoms with Crippen LogP contribution in [0.1, 0.15) is 22.0 Å². The van der Waals surface area contributed by atoms with Crippen molar-refractivity contribution in [1.29, 1.82) is 0 Å². The summed E-state index contributed by atoms with van der Waals surface area (Å²) in [6.07, 6.45) is 0. The molecule has 2 rings (SSSR count). The van der Waals surface area contributed by atoms with Crippen LogP contribution in [0.3, 0.4) is 0 Å². The molecule has 86 valence electrons. The van der Waals surface area contributed by atoms with E-state index in [4.69, 9.17) is 4.74 Å². The molecular weight excluding hydrogens is 206 g/mol. The lowest BCUT2D eigenvalue weighted by Gasteiger charge is -2.24. The van der Waals surface area contributed by atoms with E-state index in [1.807, 2.05) is 12.1 Å². The van der Waals surface area contributed by atoms with E-state index in [1.165, 1.54) is 7.11 Å². The van der Waals surface area contributed by atoms with Crippen molar-refractivity contribution < 1.29 is 14.3 Å². The van der Waals surface area contributed by atoms with Gasteiger partial charge in [0.25, 0.3) is 0 Å². The van der Waals surface area contributed by atoms with Gasteiger partial charge in [-0.3, -0.25) is 0 Å². The van der Waals surface area contributed by atoms with Crippen LogP contribution in [0.2, 0.25) is 0 Å². The quantitative estimate of drug-likeness (QED) is 0.761. The molecule has 0 amide bonds. The van der Waals surface area contributed by atoms with E-state index in [-0.39, 0.29) is 12.0 Å². The second-order valence-corrected chi connectivity index (χ2v) is 3.70. The lowest BCUT2D eigenvalue weighted by atomic mass is 10.0. The summed E-state index contributed by atoms with van der Waals surface area (Å²) in [6, 6.07) is 7.63. The number of morpholine rings is 1. The highest BCUT2D eigenvalue weighted by atomic mass is 16.5. The minimum absolute atomic E-state index is 0.223. The Morgan fingerprint density at radius 3 is 2.75 bits per heavy atom. The first-order valence-electron chi connectivity index (χ1n) is 5.30. The van der Waals surface area contributed by atoms with Crippen molar-refractivity contribution in [3.8, 4) is 0 Å². The highest BCUT2D eigenvalue weighted by Crippen LogP contribution is 2.16. The number of carbonyl (C=O) groups excluding carboxylic acids is 1. The number of nitrogens with one attached hydrogen (secondary N) is 1. The first kappa shape index (κ1) is 11.1. The number of ether oxygens (including phenoxy) is 2. The van der Waals surface area contributed by atoms with Gasteiger partial charge in [-0.15, -0.1) is 0 Å². The minimum Gasteiger partial charge on any atom is -0.465 e. The summed E-state index contributed by atoms with van der Waals surface area (Å²) in [5.41, 5.74) is 1.70. The normalized spacial score (nSPS) is 20.4. The van der Waals surface area contributed by atoms with E-state index >= 15 is 0 Å². The molecule has 1 unspecified atom stereocenters. The first-order chi connectivity index (χ1) is 7.81. The molecule has 1 aromatic carbocycles. The van der Waals surface area contributed by atoms with E-state index in [1.54, 1.807) is 12.1 Å². The molecule has 1 heterocycles. The van der Waals surface area contributed by atoms with Crippen molar-refractivity contribution in [1.82, 2.24) is 5.32 Å². The molecule has 1 atom stereocenters. The molecule has 1 aliphatic rings. The number of hydrogen-bond acceptors (Lipinski definition) is 4.